The summed E-state index contributed by atoms with van der Waals surface area (Å²) in [6, 6.07) is 0. The van der Waals surface area contributed by atoms with Crippen LogP contribution in [0.1, 0.15) is 105 Å². The number of rotatable bonds is 8. The lowest BCUT2D eigenvalue weighted by Gasteiger charge is -2.65. The first-order valence-electron chi connectivity index (χ1n) is 21.3. The highest BCUT2D eigenvalue weighted by Crippen LogP contribution is 2.70. The molecule has 56 heavy (non-hydrogen) atoms. The van der Waals surface area contributed by atoms with Crippen LogP contribution in [-0.4, -0.2) is 137 Å². The van der Waals surface area contributed by atoms with E-state index in [2.05, 4.69) is 6.92 Å². The van der Waals surface area contributed by atoms with Crippen LogP contribution in [0.3, 0.4) is 0 Å². The van der Waals surface area contributed by atoms with Crippen LogP contribution in [0, 0.1) is 34.5 Å². The summed E-state index contributed by atoms with van der Waals surface area (Å²) in [4.78, 5) is 12.0. The minimum atomic E-state index is -1.01. The van der Waals surface area contributed by atoms with Crippen molar-refractivity contribution in [1.29, 1.82) is 0 Å². The monoisotopic (exact) mass is 794 g/mol. The van der Waals surface area contributed by atoms with Gasteiger partial charge in [0, 0.05) is 37.9 Å². The Morgan fingerprint density at radius 2 is 1.27 bits per heavy atom. The zero-order valence-corrected chi connectivity index (χ0v) is 33.9. The predicted molar refractivity (Wildman–Crippen MR) is 197 cm³/mol. The molecule has 0 aromatic heterocycles. The number of carbonyl (C=O) groups is 1. The quantitative estimate of drug-likeness (QED) is 0.178. The Morgan fingerprint density at radius 1 is 0.696 bits per heavy atom. The fourth-order valence-corrected chi connectivity index (χ4v) is 13.1. The smallest absolute Gasteiger partial charge is 0.331 e. The largest absolute Gasteiger partial charge is 0.458 e. The molecule has 14 nitrogen and oxygen atoms in total. The molecule has 4 saturated carbocycles. The van der Waals surface area contributed by atoms with Crippen molar-refractivity contribution in [2.45, 2.75) is 197 Å². The van der Waals surface area contributed by atoms with E-state index in [9.17, 15) is 30.3 Å². The molecule has 0 unspecified atom stereocenters. The molecule has 14 heteroatoms. The van der Waals surface area contributed by atoms with Crippen LogP contribution in [0.5, 0.6) is 0 Å². The summed E-state index contributed by atoms with van der Waals surface area (Å²) in [5.41, 5.74) is -0.877. The van der Waals surface area contributed by atoms with Gasteiger partial charge in [-0.3, -0.25) is 0 Å². The maximum Gasteiger partial charge on any atom is 0.331 e. The summed E-state index contributed by atoms with van der Waals surface area (Å²) >= 11 is 0. The lowest BCUT2D eigenvalue weighted by atomic mass is 9.42. The van der Waals surface area contributed by atoms with E-state index in [1.54, 1.807) is 13.0 Å². The molecule has 21 atom stereocenters. The van der Waals surface area contributed by atoms with Crippen molar-refractivity contribution in [1.82, 2.24) is 0 Å². The Hall–Kier alpha value is -1.27. The predicted octanol–water partition coefficient (Wildman–Crippen LogP) is 2.87. The summed E-state index contributed by atoms with van der Waals surface area (Å²) in [5, 5.41) is 57.3. The number of methoxy groups -OCH3 is 1. The minimum absolute atomic E-state index is 0.0386. The number of aliphatic hydroxyl groups is 5. The summed E-state index contributed by atoms with van der Waals surface area (Å²) < 4.78 is 47.8. The fraction of sp³-hybridized carbons (Fsp3) is 0.929. The van der Waals surface area contributed by atoms with Gasteiger partial charge >= 0.3 is 5.97 Å². The van der Waals surface area contributed by atoms with Gasteiger partial charge in [-0.05, 0) is 107 Å². The number of hydrogen-bond acceptors (Lipinski definition) is 14. The van der Waals surface area contributed by atoms with Gasteiger partial charge in [0.15, 0.2) is 18.9 Å². The number of carbonyl (C=O) groups excluding carboxylic acids is 1. The van der Waals surface area contributed by atoms with Crippen molar-refractivity contribution >= 4 is 5.97 Å². The number of cyclic esters (lactones) is 1. The van der Waals surface area contributed by atoms with Gasteiger partial charge in [-0.1, -0.05) is 13.8 Å². The molecule has 3 saturated heterocycles. The zero-order valence-electron chi connectivity index (χ0n) is 33.9. The Labute approximate surface area is 330 Å². The molecule has 0 amide bonds. The fourth-order valence-electron chi connectivity index (χ4n) is 13.1. The Balaban J connectivity index is 0.832. The minimum Gasteiger partial charge on any atom is -0.458 e. The standard InChI is InChI=1S/C42H66O14/c1-20-37(49-6)29(43)16-35(51-20)55-39-22(3)53-36(18-31(39)45)56-38-21(2)52-34(17-30(38)44)54-25-9-11-40(4)24(14-25)7-8-27-28(40)15-32(46)41(5)26(10-12-42(27,41)48)23-13-33(47)50-19-23/h13,20-22,24-32,34-39,43-46,48H,7-12,14-19H2,1-6H3/t20-,21-,22-,24-,25-,26+,27-,28+,29+,30+,31+,32-,34+,35+,36+,37-,38+,39+,40+,41+,42+/m1/s1. The first-order valence-corrected chi connectivity index (χ1v) is 21.3. The molecule has 5 N–H and O–H groups in total. The number of hydrogen-bond donors (Lipinski definition) is 5. The van der Waals surface area contributed by atoms with Crippen molar-refractivity contribution in [2.75, 3.05) is 13.7 Å². The van der Waals surface area contributed by atoms with Crippen molar-refractivity contribution in [3.63, 3.8) is 0 Å². The summed E-state index contributed by atoms with van der Waals surface area (Å²) in [5.74, 6) is 0.223. The van der Waals surface area contributed by atoms with Crippen molar-refractivity contribution in [2.24, 2.45) is 34.5 Å². The first kappa shape index (κ1) is 41.5. The van der Waals surface area contributed by atoms with Crippen LogP contribution in [0.25, 0.3) is 0 Å². The second-order valence-electron chi connectivity index (χ2n) is 19.0. The Morgan fingerprint density at radius 3 is 1.80 bits per heavy atom. The number of aliphatic hydroxyl groups excluding tert-OH is 4. The zero-order chi connectivity index (χ0) is 39.9. The van der Waals surface area contributed by atoms with E-state index in [4.69, 9.17) is 37.9 Å². The van der Waals surface area contributed by atoms with Crippen LogP contribution in [0.15, 0.2) is 11.6 Å². The third-order valence-corrected chi connectivity index (χ3v) is 16.2. The molecule has 0 aromatic rings. The average molecular weight is 795 g/mol. The second-order valence-corrected chi connectivity index (χ2v) is 19.0. The van der Waals surface area contributed by atoms with Crippen LogP contribution >= 0.6 is 0 Å². The van der Waals surface area contributed by atoms with Crippen LogP contribution in [-0.2, 0) is 42.7 Å². The van der Waals surface area contributed by atoms with Crippen molar-refractivity contribution in [3.05, 3.63) is 11.6 Å². The molecule has 0 bridgehead atoms. The highest BCUT2D eigenvalue weighted by Gasteiger charge is 2.71. The highest BCUT2D eigenvalue weighted by atomic mass is 16.7. The molecule has 4 heterocycles. The van der Waals surface area contributed by atoms with E-state index in [0.29, 0.717) is 18.8 Å². The van der Waals surface area contributed by atoms with E-state index in [-0.39, 0.29) is 67.2 Å². The molecule has 0 spiro atoms. The lowest BCUT2D eigenvalue weighted by Crippen LogP contribution is -2.67. The molecule has 8 rings (SSSR count). The molecule has 0 aromatic carbocycles. The van der Waals surface area contributed by atoms with Crippen LogP contribution in [0.2, 0.25) is 0 Å². The van der Waals surface area contributed by atoms with Gasteiger partial charge < -0.3 is 63.4 Å². The van der Waals surface area contributed by atoms with E-state index < -0.39 is 84.8 Å². The topological polar surface area (TPSA) is 192 Å². The number of ether oxygens (including phenoxy) is 8. The molecule has 7 fully saturated rings. The summed E-state index contributed by atoms with van der Waals surface area (Å²) in [6.45, 7) is 10.1. The van der Waals surface area contributed by atoms with Crippen molar-refractivity contribution in [3.8, 4) is 0 Å². The highest BCUT2D eigenvalue weighted by molar-refractivity contribution is 5.85. The third-order valence-electron chi connectivity index (χ3n) is 16.2. The van der Waals surface area contributed by atoms with E-state index >= 15 is 0 Å². The van der Waals surface area contributed by atoms with E-state index in [1.807, 2.05) is 20.8 Å². The van der Waals surface area contributed by atoms with Gasteiger partial charge in [0.2, 0.25) is 0 Å². The van der Waals surface area contributed by atoms with Gasteiger partial charge in [0.25, 0.3) is 0 Å². The SMILES string of the molecule is CO[C@H]1[C@@H](O)C[C@H](O[C@@H]2[C@@H](O)C[C@H](O[C@@H]3[C@@H](O)C[C@H](O[C@@H]4CC[C@@]5(C)[C@H](CC[C@@H]6[C@@H]5C[C@@H](O)[C@]5(C)[C@H](C7=CC(=O)OC7)CC[C@]65O)C4)O[C@@H]3C)O[C@@H]2C)O[C@@H]1C. The average Bonchev–Trinajstić information content (AvgIpc) is 3.68. The molecule has 318 valence electrons. The lowest BCUT2D eigenvalue weighted by molar-refractivity contribution is -0.336. The maximum atomic E-state index is 12.6. The van der Waals surface area contributed by atoms with E-state index in [0.717, 1.165) is 44.1 Å². The molecule has 4 aliphatic carbocycles. The van der Waals surface area contributed by atoms with Gasteiger partial charge in [-0.2, -0.15) is 0 Å². The summed E-state index contributed by atoms with van der Waals surface area (Å²) in [7, 11) is 1.53. The van der Waals surface area contributed by atoms with E-state index in [1.165, 1.54) is 7.11 Å². The van der Waals surface area contributed by atoms with Gasteiger partial charge in [0.1, 0.15) is 24.9 Å². The normalized spacial score (nSPS) is 54.8. The van der Waals surface area contributed by atoms with Gasteiger partial charge in [0.05, 0.1) is 54.4 Å². The number of esters is 1. The maximum absolute atomic E-state index is 12.6. The van der Waals surface area contributed by atoms with Crippen LogP contribution in [0.4, 0.5) is 0 Å². The van der Waals surface area contributed by atoms with Crippen LogP contribution < -0.4 is 0 Å². The molecular formula is C42H66O14. The molecule has 0 radical (unpaired) electrons. The van der Waals surface area contributed by atoms with Gasteiger partial charge in [-0.25, -0.2) is 4.79 Å². The molecular weight excluding hydrogens is 728 g/mol. The van der Waals surface area contributed by atoms with Crippen molar-refractivity contribution < 1.29 is 68.2 Å². The first-order chi connectivity index (χ1) is 26.5. The molecule has 4 aliphatic heterocycles. The Bertz CT molecular complexity index is 1430. The second kappa shape index (κ2) is 15.6. The Kier molecular flexibility index (Phi) is 11.6. The summed E-state index contributed by atoms with van der Waals surface area (Å²) in [6.07, 6.45) is -0.0154. The number of fused-ring (bicyclic) bond motifs is 5. The molecule has 8 aliphatic rings. The third kappa shape index (κ3) is 7.02. The van der Waals surface area contributed by atoms with Gasteiger partial charge in [-0.15, -0.1) is 0 Å².